The number of nitrogens with one attached hydrogen (secondary N) is 1. The number of hydrogen-bond donors (Lipinski definition) is 1. The maximum Gasteiger partial charge on any atom is 0.416 e. The van der Waals surface area contributed by atoms with Crippen molar-refractivity contribution in [3.05, 3.63) is 29.8 Å². The van der Waals surface area contributed by atoms with Crippen LogP contribution >= 0.6 is 11.8 Å². The Hall–Kier alpha value is -2.03. The van der Waals surface area contributed by atoms with Gasteiger partial charge in [0.05, 0.1) is 5.56 Å². The van der Waals surface area contributed by atoms with Crippen LogP contribution in [0.25, 0.3) is 0 Å². The smallest absolute Gasteiger partial charge is 0.326 e. The average molecular weight is 373 g/mol. The number of amidine groups is 1. The number of hydrogen-bond acceptors (Lipinski definition) is 4. The van der Waals surface area contributed by atoms with E-state index < -0.39 is 22.9 Å². The summed E-state index contributed by atoms with van der Waals surface area (Å²) in [6, 6.07) is 4.39. The quantitative estimate of drug-likeness (QED) is 0.861. The lowest BCUT2D eigenvalue weighted by molar-refractivity contribution is -0.137. The second kappa shape index (κ2) is 7.90. The van der Waals surface area contributed by atoms with E-state index in [1.54, 1.807) is 0 Å². The van der Waals surface area contributed by atoms with Crippen molar-refractivity contribution in [2.75, 3.05) is 18.4 Å². The highest BCUT2D eigenvalue weighted by Gasteiger charge is 2.38. The van der Waals surface area contributed by atoms with Crippen LogP contribution in [0.5, 0.6) is 0 Å². The van der Waals surface area contributed by atoms with Gasteiger partial charge in [-0.1, -0.05) is 17.8 Å². The first-order valence-electron chi connectivity index (χ1n) is 7.75. The van der Waals surface area contributed by atoms with Gasteiger partial charge in [-0.25, -0.2) is 0 Å². The van der Waals surface area contributed by atoms with E-state index in [2.05, 4.69) is 10.3 Å². The monoisotopic (exact) mass is 373 g/mol. The Labute approximate surface area is 147 Å². The molecular formula is C16H18F3N3O2S. The highest BCUT2D eigenvalue weighted by Crippen LogP contribution is 2.32. The molecule has 1 atom stereocenters. The van der Waals surface area contributed by atoms with Gasteiger partial charge in [-0.2, -0.15) is 13.2 Å². The van der Waals surface area contributed by atoms with Gasteiger partial charge in [-0.15, -0.1) is 0 Å². The fourth-order valence-electron chi connectivity index (χ4n) is 2.34. The van der Waals surface area contributed by atoms with E-state index in [1.807, 2.05) is 13.8 Å². The summed E-state index contributed by atoms with van der Waals surface area (Å²) < 4.78 is 38.1. The predicted octanol–water partition coefficient (Wildman–Crippen LogP) is 3.37. The maximum absolute atomic E-state index is 12.7. The summed E-state index contributed by atoms with van der Waals surface area (Å²) in [5.74, 6) is -0.724. The van der Waals surface area contributed by atoms with E-state index >= 15 is 0 Å². The average Bonchev–Trinajstić information content (AvgIpc) is 2.82. The molecule has 0 spiro atoms. The molecule has 0 bridgehead atoms. The SMILES string of the molecule is CCN=C1S[C@@H](CC(=O)Nc2cccc(C(F)(F)F)c2)C(=O)N1CC. The van der Waals surface area contributed by atoms with Gasteiger partial charge in [0.15, 0.2) is 5.17 Å². The second-order valence-electron chi connectivity index (χ2n) is 5.28. The lowest BCUT2D eigenvalue weighted by Gasteiger charge is -2.13. The van der Waals surface area contributed by atoms with Crippen molar-refractivity contribution < 1.29 is 22.8 Å². The number of nitrogens with zero attached hydrogens (tertiary/aromatic N) is 2. The van der Waals surface area contributed by atoms with Gasteiger partial charge in [-0.3, -0.25) is 19.5 Å². The van der Waals surface area contributed by atoms with Gasteiger partial charge in [0.2, 0.25) is 11.8 Å². The van der Waals surface area contributed by atoms with Gasteiger partial charge in [0, 0.05) is 25.2 Å². The number of benzene rings is 1. The summed E-state index contributed by atoms with van der Waals surface area (Å²) in [5, 5.41) is 2.38. The van der Waals surface area contributed by atoms with Gasteiger partial charge in [0.1, 0.15) is 5.25 Å². The highest BCUT2D eigenvalue weighted by atomic mass is 32.2. The summed E-state index contributed by atoms with van der Waals surface area (Å²) in [6.45, 7) is 4.64. The molecule has 1 fully saturated rings. The van der Waals surface area contributed by atoms with Crippen molar-refractivity contribution in [1.82, 2.24) is 4.90 Å². The van der Waals surface area contributed by atoms with Crippen LogP contribution in [0.4, 0.5) is 18.9 Å². The van der Waals surface area contributed by atoms with E-state index in [4.69, 9.17) is 0 Å². The number of carbonyl (C=O) groups excluding carboxylic acids is 2. The van der Waals surface area contributed by atoms with Crippen molar-refractivity contribution >= 4 is 34.4 Å². The van der Waals surface area contributed by atoms with Crippen LogP contribution in [-0.2, 0) is 15.8 Å². The fraction of sp³-hybridized carbons (Fsp3) is 0.438. The lowest BCUT2D eigenvalue weighted by atomic mass is 10.2. The lowest BCUT2D eigenvalue weighted by Crippen LogP contribution is -2.33. The first-order chi connectivity index (χ1) is 11.8. The third-order valence-electron chi connectivity index (χ3n) is 3.47. The molecule has 0 radical (unpaired) electrons. The molecule has 1 aromatic carbocycles. The Morgan fingerprint density at radius 1 is 1.36 bits per heavy atom. The van der Waals surface area contributed by atoms with Gasteiger partial charge in [-0.05, 0) is 32.0 Å². The van der Waals surface area contributed by atoms with Crippen LogP contribution in [0.2, 0.25) is 0 Å². The number of aliphatic imine (C=N–C) groups is 1. The summed E-state index contributed by atoms with van der Waals surface area (Å²) >= 11 is 1.21. The maximum atomic E-state index is 12.7. The number of carbonyl (C=O) groups is 2. The number of amides is 2. The second-order valence-corrected chi connectivity index (χ2v) is 6.45. The number of rotatable bonds is 5. The Bertz CT molecular complexity index is 691. The van der Waals surface area contributed by atoms with Crippen LogP contribution in [0.3, 0.4) is 0 Å². The number of anilines is 1. The van der Waals surface area contributed by atoms with Crippen molar-refractivity contribution in [3.63, 3.8) is 0 Å². The normalized spacial score (nSPS) is 19.6. The summed E-state index contributed by atoms with van der Waals surface area (Å²) in [7, 11) is 0. The van der Waals surface area contributed by atoms with Crippen LogP contribution in [0.1, 0.15) is 25.8 Å². The van der Waals surface area contributed by atoms with Crippen LogP contribution < -0.4 is 5.32 Å². The molecule has 0 unspecified atom stereocenters. The molecule has 0 aromatic heterocycles. The highest BCUT2D eigenvalue weighted by molar-refractivity contribution is 8.15. The molecule has 2 rings (SSSR count). The Balaban J connectivity index is 2.04. The Morgan fingerprint density at radius 3 is 2.68 bits per heavy atom. The summed E-state index contributed by atoms with van der Waals surface area (Å²) in [5.41, 5.74) is -0.795. The molecule has 1 N–H and O–H groups in total. The minimum absolute atomic E-state index is 0.0464. The van der Waals surface area contributed by atoms with Crippen molar-refractivity contribution in [2.24, 2.45) is 4.99 Å². The van der Waals surface area contributed by atoms with Crippen molar-refractivity contribution in [1.29, 1.82) is 0 Å². The zero-order chi connectivity index (χ0) is 18.6. The zero-order valence-electron chi connectivity index (χ0n) is 13.8. The van der Waals surface area contributed by atoms with E-state index in [-0.39, 0.29) is 18.0 Å². The topological polar surface area (TPSA) is 61.8 Å². The molecule has 1 aromatic rings. The van der Waals surface area contributed by atoms with E-state index in [0.29, 0.717) is 18.3 Å². The zero-order valence-corrected chi connectivity index (χ0v) is 14.6. The van der Waals surface area contributed by atoms with Gasteiger partial charge in [0.25, 0.3) is 0 Å². The molecule has 1 aliphatic heterocycles. The molecule has 0 aliphatic carbocycles. The van der Waals surface area contributed by atoms with Gasteiger partial charge >= 0.3 is 6.18 Å². The minimum atomic E-state index is -4.48. The molecule has 136 valence electrons. The summed E-state index contributed by atoms with van der Waals surface area (Å²) in [6.07, 6.45) is -4.61. The number of thioether (sulfide) groups is 1. The third-order valence-corrected chi connectivity index (χ3v) is 4.69. The molecule has 0 saturated carbocycles. The largest absolute Gasteiger partial charge is 0.416 e. The van der Waals surface area contributed by atoms with E-state index in [9.17, 15) is 22.8 Å². The molecule has 5 nitrogen and oxygen atoms in total. The molecular weight excluding hydrogens is 355 g/mol. The minimum Gasteiger partial charge on any atom is -0.326 e. The Morgan fingerprint density at radius 2 is 2.08 bits per heavy atom. The number of halogens is 3. The van der Waals surface area contributed by atoms with Gasteiger partial charge < -0.3 is 5.32 Å². The van der Waals surface area contributed by atoms with Crippen molar-refractivity contribution in [3.8, 4) is 0 Å². The van der Waals surface area contributed by atoms with Crippen LogP contribution in [0, 0.1) is 0 Å². The molecule has 9 heteroatoms. The summed E-state index contributed by atoms with van der Waals surface area (Å²) in [4.78, 5) is 30.2. The van der Waals surface area contributed by atoms with Crippen LogP contribution in [-0.4, -0.2) is 40.2 Å². The van der Waals surface area contributed by atoms with Crippen molar-refractivity contribution in [2.45, 2.75) is 31.7 Å². The molecule has 2 amide bonds. The standard InChI is InChI=1S/C16H18F3N3O2S/c1-3-20-15-22(4-2)14(24)12(25-15)9-13(23)21-11-7-5-6-10(8-11)16(17,18)19/h5-8,12H,3-4,9H2,1-2H3,(H,21,23)/t12-/m0/s1. The van der Waals surface area contributed by atoms with E-state index in [0.717, 1.165) is 12.1 Å². The predicted molar refractivity (Wildman–Crippen MR) is 91.4 cm³/mol. The first-order valence-corrected chi connectivity index (χ1v) is 8.63. The Kier molecular flexibility index (Phi) is 6.10. The molecule has 1 aliphatic rings. The number of alkyl halides is 3. The van der Waals surface area contributed by atoms with Crippen LogP contribution in [0.15, 0.2) is 29.3 Å². The van der Waals surface area contributed by atoms with E-state index in [1.165, 1.54) is 28.8 Å². The fourth-order valence-corrected chi connectivity index (χ4v) is 3.61. The molecule has 25 heavy (non-hydrogen) atoms. The molecule has 1 saturated heterocycles. The third kappa shape index (κ3) is 4.75. The molecule has 1 heterocycles. The first kappa shape index (κ1) is 19.3.